The van der Waals surface area contributed by atoms with Gasteiger partial charge in [0, 0.05) is 17.5 Å². The molecule has 0 saturated carbocycles. The quantitative estimate of drug-likeness (QED) is 0.304. The predicted molar refractivity (Wildman–Crippen MR) is 139 cm³/mol. The topological polar surface area (TPSA) is 39.2 Å². The molecule has 0 spiro atoms. The number of aromatic nitrogens is 1. The van der Waals surface area contributed by atoms with Gasteiger partial charge in [-0.2, -0.15) is 0 Å². The molecule has 0 N–H and O–H groups in total. The Labute approximate surface area is 201 Å². The van der Waals surface area contributed by atoms with Crippen LogP contribution in [0.25, 0.3) is 27.5 Å². The van der Waals surface area contributed by atoms with E-state index in [-0.39, 0.29) is 11.4 Å². The predicted octanol–water partition coefficient (Wildman–Crippen LogP) is 7.50. The number of allylic oxidation sites excluding steroid dienone is 1. The average Bonchev–Trinajstić information content (AvgIpc) is 2.84. The summed E-state index contributed by atoms with van der Waals surface area (Å²) < 4.78 is 5.14. The molecular weight excluding hydrogens is 418 g/mol. The zero-order valence-electron chi connectivity index (χ0n) is 20.2. The maximum Gasteiger partial charge on any atom is 0.338 e. The number of ether oxygens (including phenoxy) is 1. The lowest BCUT2D eigenvalue weighted by atomic mass is 9.71. The van der Waals surface area contributed by atoms with E-state index in [9.17, 15) is 4.79 Å². The van der Waals surface area contributed by atoms with Gasteiger partial charge in [0.2, 0.25) is 0 Å². The SMILES string of the molecule is CCOC(=O)c1ccc(-c2cccc3cc4c(cc23)C(c2ccc(C)nc2)=CCC4(C)C)cc1. The highest BCUT2D eigenvalue weighted by Gasteiger charge is 2.29. The molecule has 0 unspecified atom stereocenters. The molecule has 0 amide bonds. The normalized spacial score (nSPS) is 14.4. The average molecular weight is 448 g/mol. The number of aryl methyl sites for hydroxylation is 1. The number of hydrogen-bond acceptors (Lipinski definition) is 3. The Balaban J connectivity index is 1.66. The second-order valence-electron chi connectivity index (χ2n) is 9.62. The largest absolute Gasteiger partial charge is 0.462 e. The molecule has 1 heterocycles. The van der Waals surface area contributed by atoms with Crippen LogP contribution in [-0.4, -0.2) is 17.6 Å². The van der Waals surface area contributed by atoms with E-state index in [2.05, 4.69) is 67.4 Å². The number of carbonyl (C=O) groups excluding carboxylic acids is 1. The highest BCUT2D eigenvalue weighted by Crippen LogP contribution is 2.44. The minimum Gasteiger partial charge on any atom is -0.462 e. The van der Waals surface area contributed by atoms with Crippen molar-refractivity contribution in [3.63, 3.8) is 0 Å². The summed E-state index contributed by atoms with van der Waals surface area (Å²) in [6, 6.07) is 23.1. The molecule has 34 heavy (non-hydrogen) atoms. The van der Waals surface area contributed by atoms with Crippen molar-refractivity contribution in [2.75, 3.05) is 6.61 Å². The Morgan fingerprint density at radius 1 is 0.971 bits per heavy atom. The summed E-state index contributed by atoms with van der Waals surface area (Å²) in [5.74, 6) is -0.287. The van der Waals surface area contributed by atoms with Crippen LogP contribution in [0.15, 0.2) is 79.0 Å². The first-order chi connectivity index (χ1) is 16.4. The fraction of sp³-hybridized carbons (Fsp3) is 0.226. The third-order valence-electron chi connectivity index (χ3n) is 6.78. The minimum absolute atomic E-state index is 0.0580. The van der Waals surface area contributed by atoms with Crippen LogP contribution < -0.4 is 0 Å². The Morgan fingerprint density at radius 2 is 1.74 bits per heavy atom. The maximum absolute atomic E-state index is 12.1. The number of esters is 1. The number of carbonyl (C=O) groups is 1. The first-order valence-corrected chi connectivity index (χ1v) is 11.9. The van der Waals surface area contributed by atoms with Crippen molar-refractivity contribution in [1.29, 1.82) is 0 Å². The molecule has 3 nitrogen and oxygen atoms in total. The van der Waals surface area contributed by atoms with E-state index in [1.807, 2.05) is 44.3 Å². The second-order valence-corrected chi connectivity index (χ2v) is 9.62. The second kappa shape index (κ2) is 8.57. The molecule has 4 aromatic rings. The van der Waals surface area contributed by atoms with Crippen molar-refractivity contribution < 1.29 is 9.53 Å². The van der Waals surface area contributed by atoms with Gasteiger partial charge >= 0.3 is 5.97 Å². The van der Waals surface area contributed by atoms with Gasteiger partial charge in [-0.25, -0.2) is 4.79 Å². The van der Waals surface area contributed by atoms with Crippen molar-refractivity contribution in [2.45, 2.75) is 39.5 Å². The lowest BCUT2D eigenvalue weighted by molar-refractivity contribution is 0.0526. The van der Waals surface area contributed by atoms with Gasteiger partial charge in [0.25, 0.3) is 0 Å². The van der Waals surface area contributed by atoms with Crippen molar-refractivity contribution in [2.24, 2.45) is 0 Å². The Hall–Kier alpha value is -3.72. The number of fused-ring (bicyclic) bond motifs is 2. The van der Waals surface area contributed by atoms with Crippen LogP contribution >= 0.6 is 0 Å². The van der Waals surface area contributed by atoms with Gasteiger partial charge < -0.3 is 4.74 Å². The molecule has 1 aliphatic carbocycles. The van der Waals surface area contributed by atoms with Gasteiger partial charge in [0.1, 0.15) is 0 Å². The maximum atomic E-state index is 12.1. The highest BCUT2D eigenvalue weighted by atomic mass is 16.5. The lowest BCUT2D eigenvalue weighted by Gasteiger charge is -2.33. The van der Waals surface area contributed by atoms with Gasteiger partial charge in [0.05, 0.1) is 12.2 Å². The molecule has 0 fully saturated rings. The zero-order chi connectivity index (χ0) is 23.9. The van der Waals surface area contributed by atoms with Crippen LogP contribution in [0.1, 0.15) is 59.9 Å². The van der Waals surface area contributed by atoms with Crippen LogP contribution in [0.2, 0.25) is 0 Å². The summed E-state index contributed by atoms with van der Waals surface area (Å²) in [5.41, 5.74) is 8.92. The van der Waals surface area contributed by atoms with Gasteiger partial charge in [-0.15, -0.1) is 0 Å². The highest BCUT2D eigenvalue weighted by molar-refractivity contribution is 6.01. The molecular formula is C31H29NO2. The fourth-order valence-electron chi connectivity index (χ4n) is 4.84. The minimum atomic E-state index is -0.287. The molecule has 0 saturated heterocycles. The zero-order valence-corrected chi connectivity index (χ0v) is 20.2. The number of pyridine rings is 1. The first kappa shape index (κ1) is 22.1. The van der Waals surface area contributed by atoms with E-state index < -0.39 is 0 Å². The van der Waals surface area contributed by atoms with Gasteiger partial charge in [0.15, 0.2) is 0 Å². The van der Waals surface area contributed by atoms with E-state index in [1.165, 1.54) is 27.5 Å². The van der Waals surface area contributed by atoms with Crippen LogP contribution in [0, 0.1) is 6.92 Å². The Morgan fingerprint density at radius 3 is 2.44 bits per heavy atom. The standard InChI is InChI=1S/C31H29NO2/c1-5-34-30(33)22-13-11-21(12-14-22)25-8-6-7-23-17-29-28(18-27(23)25)26(15-16-31(29,3)4)24-10-9-20(2)32-19-24/h6-15,17-19H,5,16H2,1-4H3. The van der Waals surface area contributed by atoms with E-state index in [4.69, 9.17) is 4.74 Å². The smallest absolute Gasteiger partial charge is 0.338 e. The molecule has 0 bridgehead atoms. The van der Waals surface area contributed by atoms with Gasteiger partial charge in [-0.3, -0.25) is 4.98 Å². The van der Waals surface area contributed by atoms with Crippen molar-refractivity contribution >= 4 is 22.3 Å². The summed E-state index contributed by atoms with van der Waals surface area (Å²) in [6.45, 7) is 8.84. The summed E-state index contributed by atoms with van der Waals surface area (Å²) >= 11 is 0. The van der Waals surface area contributed by atoms with E-state index in [0.717, 1.165) is 28.8 Å². The van der Waals surface area contributed by atoms with Gasteiger partial charge in [-0.05, 0) is 94.6 Å². The van der Waals surface area contributed by atoms with E-state index in [1.54, 1.807) is 0 Å². The molecule has 1 aliphatic rings. The molecule has 1 aromatic heterocycles. The van der Waals surface area contributed by atoms with Crippen molar-refractivity contribution in [3.05, 3.63) is 107 Å². The van der Waals surface area contributed by atoms with Crippen LogP contribution in [0.4, 0.5) is 0 Å². The Bertz CT molecular complexity index is 1410. The number of rotatable bonds is 4. The molecule has 0 aliphatic heterocycles. The van der Waals surface area contributed by atoms with E-state index in [0.29, 0.717) is 12.2 Å². The molecule has 0 atom stereocenters. The molecule has 3 heteroatoms. The van der Waals surface area contributed by atoms with Gasteiger partial charge in [-0.1, -0.05) is 56.3 Å². The van der Waals surface area contributed by atoms with E-state index >= 15 is 0 Å². The van der Waals surface area contributed by atoms with Crippen molar-refractivity contribution in [1.82, 2.24) is 4.98 Å². The third kappa shape index (κ3) is 3.92. The van der Waals surface area contributed by atoms with Crippen LogP contribution in [0.5, 0.6) is 0 Å². The lowest BCUT2D eigenvalue weighted by Crippen LogP contribution is -2.22. The summed E-state index contributed by atoms with van der Waals surface area (Å²) in [7, 11) is 0. The Kier molecular flexibility index (Phi) is 5.57. The van der Waals surface area contributed by atoms with Crippen LogP contribution in [-0.2, 0) is 10.2 Å². The summed E-state index contributed by atoms with van der Waals surface area (Å²) in [6.07, 6.45) is 5.33. The fourth-order valence-corrected chi connectivity index (χ4v) is 4.84. The monoisotopic (exact) mass is 447 g/mol. The number of benzene rings is 3. The molecule has 170 valence electrons. The molecule has 3 aromatic carbocycles. The summed E-state index contributed by atoms with van der Waals surface area (Å²) in [5, 5.41) is 2.43. The van der Waals surface area contributed by atoms with Crippen LogP contribution in [0.3, 0.4) is 0 Å². The van der Waals surface area contributed by atoms with Crippen molar-refractivity contribution in [3.8, 4) is 11.1 Å². The molecule has 5 rings (SSSR count). The number of nitrogens with zero attached hydrogens (tertiary/aromatic N) is 1. The summed E-state index contributed by atoms with van der Waals surface area (Å²) in [4.78, 5) is 16.6. The first-order valence-electron chi connectivity index (χ1n) is 11.9. The molecule has 0 radical (unpaired) electrons. The third-order valence-corrected chi connectivity index (χ3v) is 6.78. The number of hydrogen-bond donors (Lipinski definition) is 0.